The second-order valence-corrected chi connectivity index (χ2v) is 14.6. The van der Waals surface area contributed by atoms with Crippen molar-refractivity contribution < 1.29 is 28.4 Å². The highest BCUT2D eigenvalue weighted by molar-refractivity contribution is 7.47. The van der Waals surface area contributed by atoms with Gasteiger partial charge in [0.15, 0.2) is 0 Å². The molecule has 0 bridgehead atoms. The van der Waals surface area contributed by atoms with E-state index < -0.39 is 20.0 Å². The number of carbonyl (C=O) groups excluding carboxylic acids is 1. The quantitative estimate of drug-likeness (QED) is 0.0293. The Hall–Kier alpha value is -1.02. The fraction of sp³-hybridized carbons (Fsp3) is 0.868. The molecule has 47 heavy (non-hydrogen) atoms. The number of aliphatic hydroxyl groups excluding tert-OH is 1. The van der Waals surface area contributed by atoms with Gasteiger partial charge in [-0.05, 0) is 44.9 Å². The van der Waals surface area contributed by atoms with Gasteiger partial charge in [0.25, 0.3) is 0 Å². The van der Waals surface area contributed by atoms with Gasteiger partial charge in [-0.3, -0.25) is 13.8 Å². The van der Waals surface area contributed by atoms with Crippen LogP contribution in [0.4, 0.5) is 0 Å². The number of hydrogen-bond acceptors (Lipinski definition) is 6. The van der Waals surface area contributed by atoms with Crippen molar-refractivity contribution in [2.45, 2.75) is 193 Å². The molecule has 0 heterocycles. The minimum absolute atomic E-state index is 0.0875. The lowest BCUT2D eigenvalue weighted by Crippen LogP contribution is -2.46. The van der Waals surface area contributed by atoms with Gasteiger partial charge >= 0.3 is 7.82 Å². The normalized spacial score (nSPS) is 14.6. The first kappa shape index (κ1) is 46.0. The summed E-state index contributed by atoms with van der Waals surface area (Å²) in [6, 6.07) is -0.774. The molecule has 0 aromatic heterocycles. The molecule has 8 nitrogen and oxygen atoms in total. The van der Waals surface area contributed by atoms with Crippen LogP contribution in [0.3, 0.4) is 0 Å². The van der Waals surface area contributed by atoms with Crippen LogP contribution in [-0.2, 0) is 18.4 Å². The zero-order chi connectivity index (χ0) is 34.7. The van der Waals surface area contributed by atoms with Crippen LogP contribution in [0.5, 0.6) is 0 Å². The number of allylic oxidation sites excluding steroid dienone is 4. The van der Waals surface area contributed by atoms with Crippen LogP contribution in [0.25, 0.3) is 0 Å². The molecule has 0 aromatic rings. The van der Waals surface area contributed by atoms with E-state index in [-0.39, 0.29) is 25.7 Å². The molecule has 0 aromatic carbocycles. The average Bonchev–Trinajstić information content (AvgIpc) is 3.05. The molecule has 9 heteroatoms. The van der Waals surface area contributed by atoms with Gasteiger partial charge in [-0.15, -0.1) is 0 Å². The van der Waals surface area contributed by atoms with Crippen molar-refractivity contribution >= 4 is 13.7 Å². The van der Waals surface area contributed by atoms with Crippen molar-refractivity contribution in [3.8, 4) is 0 Å². The van der Waals surface area contributed by atoms with Gasteiger partial charge in [-0.25, -0.2) is 4.57 Å². The number of phosphoric ester groups is 1. The number of phosphoric acid groups is 1. The first-order valence-electron chi connectivity index (χ1n) is 19.5. The number of unbranched alkanes of at least 4 members (excludes halogenated alkanes) is 20. The van der Waals surface area contributed by atoms with Crippen LogP contribution < -0.4 is 11.1 Å². The number of amides is 1. The Morgan fingerprint density at radius 2 is 1.17 bits per heavy atom. The third-order valence-corrected chi connectivity index (χ3v) is 9.54. The van der Waals surface area contributed by atoms with E-state index in [1.165, 1.54) is 103 Å². The zero-order valence-corrected chi connectivity index (χ0v) is 31.4. The van der Waals surface area contributed by atoms with Crippen molar-refractivity contribution in [3.63, 3.8) is 0 Å². The number of nitrogens with one attached hydrogen (secondary N) is 1. The fourth-order valence-electron chi connectivity index (χ4n) is 5.58. The van der Waals surface area contributed by atoms with E-state index in [9.17, 15) is 19.4 Å². The SMILES string of the molecule is CCCCCC/C=C\C/C=C\CCCCCCCCCC(=O)NC(COP(=O)(O)OCCN)C(O)CCCCCCCCCCCC. The third-order valence-electron chi connectivity index (χ3n) is 8.56. The van der Waals surface area contributed by atoms with Gasteiger partial charge in [-0.1, -0.05) is 154 Å². The van der Waals surface area contributed by atoms with Gasteiger partial charge < -0.3 is 21.1 Å². The van der Waals surface area contributed by atoms with E-state index in [1.807, 2.05) is 0 Å². The first-order chi connectivity index (χ1) is 22.9. The highest BCUT2D eigenvalue weighted by atomic mass is 31.2. The molecule has 278 valence electrons. The number of aliphatic hydroxyl groups is 1. The summed E-state index contributed by atoms with van der Waals surface area (Å²) in [6.07, 6.45) is 37.5. The lowest BCUT2D eigenvalue weighted by Gasteiger charge is -2.25. The summed E-state index contributed by atoms with van der Waals surface area (Å²) in [6.45, 7) is 4.16. The monoisotopic (exact) mass is 687 g/mol. The van der Waals surface area contributed by atoms with E-state index in [1.54, 1.807) is 0 Å². The standard InChI is InChI=1S/C38H75N2O6P/c1-3-5-7-9-11-13-15-16-17-18-19-20-21-22-24-26-28-30-32-38(42)40-36(35-46-47(43,44)45-34-33-39)37(41)31-29-27-25-23-14-12-10-8-6-4-2/h13,15,17-18,36-37,41H,3-12,14,16,19-35,39H2,1-2H3,(H,40,42)(H,43,44)/b15-13-,18-17-. The molecule has 0 spiro atoms. The molecule has 0 saturated heterocycles. The van der Waals surface area contributed by atoms with Gasteiger partial charge in [0, 0.05) is 13.0 Å². The van der Waals surface area contributed by atoms with E-state index in [2.05, 4.69) is 43.5 Å². The minimum atomic E-state index is -4.31. The summed E-state index contributed by atoms with van der Waals surface area (Å²) in [4.78, 5) is 22.6. The molecule has 0 rings (SSSR count). The molecule has 3 atom stereocenters. The third kappa shape index (κ3) is 33.3. The Bertz CT molecular complexity index is 794. The molecular weight excluding hydrogens is 611 g/mol. The highest BCUT2D eigenvalue weighted by Gasteiger charge is 2.27. The van der Waals surface area contributed by atoms with Crippen molar-refractivity contribution in [2.75, 3.05) is 19.8 Å². The molecule has 5 N–H and O–H groups in total. The Morgan fingerprint density at radius 3 is 1.70 bits per heavy atom. The number of rotatable bonds is 36. The molecule has 1 amide bonds. The summed E-state index contributed by atoms with van der Waals surface area (Å²) in [5.74, 6) is -0.172. The van der Waals surface area contributed by atoms with Crippen molar-refractivity contribution in [2.24, 2.45) is 5.73 Å². The van der Waals surface area contributed by atoms with E-state index in [4.69, 9.17) is 14.8 Å². The Balaban J connectivity index is 4.19. The average molecular weight is 687 g/mol. The highest BCUT2D eigenvalue weighted by Crippen LogP contribution is 2.43. The molecule has 3 unspecified atom stereocenters. The molecule has 0 aliphatic carbocycles. The predicted octanol–water partition coefficient (Wildman–Crippen LogP) is 10.2. The van der Waals surface area contributed by atoms with Crippen molar-refractivity contribution in [1.82, 2.24) is 5.32 Å². The number of nitrogens with two attached hydrogens (primary N) is 1. The van der Waals surface area contributed by atoms with E-state index in [0.29, 0.717) is 12.8 Å². The van der Waals surface area contributed by atoms with Crippen LogP contribution in [0.2, 0.25) is 0 Å². The maximum atomic E-state index is 12.7. The van der Waals surface area contributed by atoms with Crippen LogP contribution in [0.1, 0.15) is 181 Å². The predicted molar refractivity (Wildman–Crippen MR) is 198 cm³/mol. The second kappa shape index (κ2) is 34.8. The Morgan fingerprint density at radius 1 is 0.702 bits per heavy atom. The summed E-state index contributed by atoms with van der Waals surface area (Å²) in [5.41, 5.74) is 5.36. The first-order valence-corrected chi connectivity index (χ1v) is 20.9. The smallest absolute Gasteiger partial charge is 0.391 e. The van der Waals surface area contributed by atoms with Gasteiger partial charge in [0.2, 0.25) is 5.91 Å². The van der Waals surface area contributed by atoms with Crippen LogP contribution >= 0.6 is 7.82 Å². The number of carbonyl (C=O) groups is 1. The zero-order valence-electron chi connectivity index (χ0n) is 30.5. The summed E-state index contributed by atoms with van der Waals surface area (Å²) in [7, 11) is -4.31. The van der Waals surface area contributed by atoms with E-state index >= 15 is 0 Å². The Labute approximate surface area is 289 Å². The minimum Gasteiger partial charge on any atom is -0.391 e. The lowest BCUT2D eigenvalue weighted by molar-refractivity contribution is -0.123. The van der Waals surface area contributed by atoms with Crippen molar-refractivity contribution in [3.05, 3.63) is 24.3 Å². The molecule has 0 saturated carbocycles. The number of hydrogen-bond donors (Lipinski definition) is 4. The second-order valence-electron chi connectivity index (χ2n) is 13.1. The molecule has 0 aliphatic rings. The summed E-state index contributed by atoms with van der Waals surface area (Å²) < 4.78 is 22.1. The Kier molecular flexibility index (Phi) is 34.1. The largest absolute Gasteiger partial charge is 0.472 e. The molecular formula is C38H75N2O6P. The van der Waals surface area contributed by atoms with Gasteiger partial charge in [0.1, 0.15) is 0 Å². The van der Waals surface area contributed by atoms with Gasteiger partial charge in [0.05, 0.1) is 25.4 Å². The maximum Gasteiger partial charge on any atom is 0.472 e. The van der Waals surface area contributed by atoms with Crippen molar-refractivity contribution in [1.29, 1.82) is 0 Å². The summed E-state index contributed by atoms with van der Waals surface area (Å²) >= 11 is 0. The van der Waals surface area contributed by atoms with E-state index in [0.717, 1.165) is 51.4 Å². The fourth-order valence-corrected chi connectivity index (χ4v) is 6.34. The molecule has 0 fully saturated rings. The topological polar surface area (TPSA) is 131 Å². The van der Waals surface area contributed by atoms with Crippen LogP contribution in [0, 0.1) is 0 Å². The lowest BCUT2D eigenvalue weighted by atomic mass is 10.0. The molecule has 0 aliphatic heterocycles. The van der Waals surface area contributed by atoms with Crippen LogP contribution in [0.15, 0.2) is 24.3 Å². The molecule has 0 radical (unpaired) electrons. The van der Waals surface area contributed by atoms with Gasteiger partial charge in [-0.2, -0.15) is 0 Å². The summed E-state index contributed by atoms with van der Waals surface area (Å²) in [5, 5.41) is 13.7. The van der Waals surface area contributed by atoms with Crippen LogP contribution in [-0.4, -0.2) is 47.8 Å². The maximum absolute atomic E-state index is 12.7.